The van der Waals surface area contributed by atoms with Gasteiger partial charge in [-0.05, 0) is 19.4 Å². The van der Waals surface area contributed by atoms with Gasteiger partial charge in [-0.2, -0.15) is 0 Å². The molecule has 0 bridgehead atoms. The lowest BCUT2D eigenvalue weighted by atomic mass is 10.2. The van der Waals surface area contributed by atoms with E-state index >= 15 is 0 Å². The summed E-state index contributed by atoms with van der Waals surface area (Å²) < 4.78 is 16.8. The van der Waals surface area contributed by atoms with Crippen molar-refractivity contribution < 1.29 is 14.1 Å². The Bertz CT molecular complexity index is 430. The highest BCUT2D eigenvalue weighted by molar-refractivity contribution is 7.62. The molecule has 1 aromatic heterocycles. The smallest absolute Gasteiger partial charge is 0.269 e. The Labute approximate surface area is 93.5 Å². The number of hydrogen-bond acceptors (Lipinski definition) is 5. The Balaban J connectivity index is 2.87. The van der Waals surface area contributed by atoms with E-state index in [9.17, 15) is 9.36 Å². The summed E-state index contributed by atoms with van der Waals surface area (Å²) in [7, 11) is -2.30. The van der Waals surface area contributed by atoms with E-state index in [0.717, 1.165) is 0 Å². The van der Waals surface area contributed by atoms with E-state index in [1.54, 1.807) is 13.3 Å². The highest BCUT2D eigenvalue weighted by atomic mass is 31.2. The van der Waals surface area contributed by atoms with Gasteiger partial charge in [0.2, 0.25) is 0 Å². The van der Waals surface area contributed by atoms with Crippen LogP contribution in [0, 0.1) is 0 Å². The maximum Gasteiger partial charge on any atom is 0.269 e. The third-order valence-electron chi connectivity index (χ3n) is 1.69. The number of nitrogen functional groups attached to an aromatic ring is 1. The molecule has 0 fully saturated rings. The van der Waals surface area contributed by atoms with Crippen LogP contribution in [-0.4, -0.2) is 30.6 Å². The molecule has 6 nitrogen and oxygen atoms in total. The van der Waals surface area contributed by atoms with Gasteiger partial charge in [-0.3, -0.25) is 15.2 Å². The van der Waals surface area contributed by atoms with E-state index in [2.05, 4.69) is 4.98 Å². The minimum absolute atomic E-state index is 0.0591. The standard InChI is InChI=1S/C9H14N3O3P/c1-16(2,14)6-15-8-5-11-4-3-7(8)9(13)12-10/h3-5H,6,10H2,1-2H3,(H,12,13). The number of aromatic nitrogens is 1. The summed E-state index contributed by atoms with van der Waals surface area (Å²) in [6.07, 6.45) is 2.90. The average molecular weight is 243 g/mol. The van der Waals surface area contributed by atoms with Crippen molar-refractivity contribution in [3.8, 4) is 5.75 Å². The van der Waals surface area contributed by atoms with Crippen LogP contribution in [0.25, 0.3) is 0 Å². The normalized spacial score (nSPS) is 10.9. The van der Waals surface area contributed by atoms with E-state index in [-0.39, 0.29) is 17.7 Å². The van der Waals surface area contributed by atoms with Crippen LogP contribution in [0.2, 0.25) is 0 Å². The van der Waals surface area contributed by atoms with Crippen LogP contribution in [0.5, 0.6) is 5.75 Å². The summed E-state index contributed by atoms with van der Waals surface area (Å²) in [4.78, 5) is 15.2. The minimum atomic E-state index is -2.30. The number of amides is 1. The molecule has 0 aliphatic rings. The van der Waals surface area contributed by atoms with Crippen molar-refractivity contribution in [1.82, 2.24) is 10.4 Å². The molecular formula is C9H14N3O3P. The molecule has 0 saturated heterocycles. The van der Waals surface area contributed by atoms with Gasteiger partial charge in [-0.1, -0.05) is 0 Å². The van der Waals surface area contributed by atoms with Crippen LogP contribution in [0.4, 0.5) is 0 Å². The number of hydrazine groups is 1. The molecule has 0 aliphatic heterocycles. The zero-order chi connectivity index (χ0) is 12.2. The lowest BCUT2D eigenvalue weighted by molar-refractivity contribution is 0.0950. The molecule has 1 rings (SSSR count). The molecule has 3 N–H and O–H groups in total. The number of nitrogens with two attached hydrogens (primary N) is 1. The van der Waals surface area contributed by atoms with Gasteiger partial charge in [-0.15, -0.1) is 0 Å². The Morgan fingerprint density at radius 3 is 2.88 bits per heavy atom. The molecule has 0 radical (unpaired) electrons. The fourth-order valence-corrected chi connectivity index (χ4v) is 1.44. The van der Waals surface area contributed by atoms with Gasteiger partial charge >= 0.3 is 0 Å². The van der Waals surface area contributed by atoms with Gasteiger partial charge in [0.25, 0.3) is 5.91 Å². The van der Waals surface area contributed by atoms with Crippen molar-refractivity contribution in [2.45, 2.75) is 0 Å². The number of ether oxygens (including phenoxy) is 1. The molecular weight excluding hydrogens is 229 g/mol. The van der Waals surface area contributed by atoms with Crippen LogP contribution in [0.1, 0.15) is 10.4 Å². The van der Waals surface area contributed by atoms with Crippen molar-refractivity contribution in [2.75, 3.05) is 19.7 Å². The Morgan fingerprint density at radius 2 is 2.31 bits per heavy atom. The van der Waals surface area contributed by atoms with Crippen molar-refractivity contribution in [3.63, 3.8) is 0 Å². The van der Waals surface area contributed by atoms with E-state index in [4.69, 9.17) is 10.6 Å². The van der Waals surface area contributed by atoms with Crippen LogP contribution in [0.3, 0.4) is 0 Å². The molecule has 16 heavy (non-hydrogen) atoms. The molecule has 1 heterocycles. The van der Waals surface area contributed by atoms with Crippen molar-refractivity contribution in [3.05, 3.63) is 24.0 Å². The van der Waals surface area contributed by atoms with Gasteiger partial charge < -0.3 is 9.30 Å². The van der Waals surface area contributed by atoms with Gasteiger partial charge in [0.05, 0.1) is 11.8 Å². The topological polar surface area (TPSA) is 94.3 Å². The van der Waals surface area contributed by atoms with Gasteiger partial charge in [0.15, 0.2) is 5.75 Å². The first-order valence-corrected chi connectivity index (χ1v) is 7.34. The molecule has 0 atom stereocenters. The highest BCUT2D eigenvalue weighted by Crippen LogP contribution is 2.36. The summed E-state index contributed by atoms with van der Waals surface area (Å²) in [5.74, 6) is 4.82. The molecule has 0 aromatic carbocycles. The molecule has 7 heteroatoms. The predicted octanol–water partition coefficient (Wildman–Crippen LogP) is 0.644. The minimum Gasteiger partial charge on any atom is -0.483 e. The van der Waals surface area contributed by atoms with Crippen LogP contribution in [0.15, 0.2) is 18.5 Å². The largest absolute Gasteiger partial charge is 0.483 e. The predicted molar refractivity (Wildman–Crippen MR) is 60.8 cm³/mol. The van der Waals surface area contributed by atoms with Crippen LogP contribution < -0.4 is 16.0 Å². The first kappa shape index (κ1) is 12.7. The molecule has 0 spiro atoms. The summed E-state index contributed by atoms with van der Waals surface area (Å²) in [5.41, 5.74) is 2.27. The molecule has 88 valence electrons. The number of pyridine rings is 1. The zero-order valence-electron chi connectivity index (χ0n) is 9.14. The fraction of sp³-hybridized carbons (Fsp3) is 0.333. The molecule has 1 amide bonds. The quantitative estimate of drug-likeness (QED) is 0.350. The highest BCUT2D eigenvalue weighted by Gasteiger charge is 2.14. The first-order valence-electron chi connectivity index (χ1n) is 4.56. The maximum absolute atomic E-state index is 11.5. The molecule has 0 saturated carbocycles. The Hall–Kier alpha value is -1.39. The van der Waals surface area contributed by atoms with E-state index in [1.165, 1.54) is 18.5 Å². The summed E-state index contributed by atoms with van der Waals surface area (Å²) in [6.45, 7) is 3.21. The second-order valence-electron chi connectivity index (χ2n) is 3.69. The SMILES string of the molecule is CP(C)(=O)COc1cnccc1C(=O)NN. The summed E-state index contributed by atoms with van der Waals surface area (Å²) >= 11 is 0. The summed E-state index contributed by atoms with van der Waals surface area (Å²) in [5, 5.41) is 0. The Morgan fingerprint density at radius 1 is 1.62 bits per heavy atom. The molecule has 1 aromatic rings. The number of carbonyl (C=O) groups excluding carboxylic acids is 1. The summed E-state index contributed by atoms with van der Waals surface area (Å²) in [6, 6.07) is 1.48. The number of carbonyl (C=O) groups is 1. The second-order valence-corrected chi connectivity index (χ2v) is 7.10. The number of hydrogen-bond donors (Lipinski definition) is 2. The average Bonchev–Trinajstić information content (AvgIpc) is 2.25. The van der Waals surface area contributed by atoms with Gasteiger partial charge in [0.1, 0.15) is 13.5 Å². The second kappa shape index (κ2) is 5.09. The monoisotopic (exact) mass is 243 g/mol. The van der Waals surface area contributed by atoms with E-state index in [1.807, 2.05) is 5.43 Å². The maximum atomic E-state index is 11.5. The lowest BCUT2D eigenvalue weighted by Gasteiger charge is -2.11. The number of nitrogens with one attached hydrogen (secondary N) is 1. The van der Waals surface area contributed by atoms with Crippen molar-refractivity contribution in [2.24, 2.45) is 5.84 Å². The van der Waals surface area contributed by atoms with Crippen LogP contribution in [-0.2, 0) is 4.57 Å². The molecule has 0 unspecified atom stereocenters. The molecule has 0 aliphatic carbocycles. The number of rotatable bonds is 4. The Kier molecular flexibility index (Phi) is 4.04. The van der Waals surface area contributed by atoms with Crippen molar-refractivity contribution in [1.29, 1.82) is 0 Å². The van der Waals surface area contributed by atoms with Crippen molar-refractivity contribution >= 4 is 13.0 Å². The van der Waals surface area contributed by atoms with Gasteiger partial charge in [0, 0.05) is 6.20 Å². The lowest BCUT2D eigenvalue weighted by Crippen LogP contribution is -2.30. The third kappa shape index (κ3) is 3.64. The van der Waals surface area contributed by atoms with E-state index in [0.29, 0.717) is 0 Å². The zero-order valence-corrected chi connectivity index (χ0v) is 10.0. The first-order chi connectivity index (χ1) is 7.44. The van der Waals surface area contributed by atoms with E-state index < -0.39 is 13.0 Å². The van der Waals surface area contributed by atoms with Gasteiger partial charge in [-0.25, -0.2) is 5.84 Å². The fourth-order valence-electron chi connectivity index (χ4n) is 0.985. The number of nitrogens with zero attached hydrogens (tertiary/aromatic N) is 1. The third-order valence-corrected chi connectivity index (χ3v) is 2.44. The van der Waals surface area contributed by atoms with Crippen LogP contribution >= 0.6 is 7.14 Å².